The lowest BCUT2D eigenvalue weighted by molar-refractivity contribution is 0.0934. The van der Waals surface area contributed by atoms with Crippen molar-refractivity contribution in [3.63, 3.8) is 0 Å². The van der Waals surface area contributed by atoms with Crippen molar-refractivity contribution in [1.29, 1.82) is 21.0 Å². The van der Waals surface area contributed by atoms with E-state index in [1.54, 1.807) is 147 Å². The molecule has 0 saturated carbocycles. The molecule has 0 bridgehead atoms. The number of pyridine rings is 4. The molecule has 4 atom stereocenters. The zero-order valence-electron chi connectivity index (χ0n) is 57.6. The molecule has 8 aromatic carbocycles. The molecule has 28 heteroatoms. The van der Waals surface area contributed by atoms with Crippen LogP contribution in [0.2, 0.25) is 25.2 Å². The predicted molar refractivity (Wildman–Crippen MR) is 405 cm³/mol. The summed E-state index contributed by atoms with van der Waals surface area (Å²) in [6.45, 7) is 10.6. The Bertz CT molecular complexity index is 5450. The third-order valence-electron chi connectivity index (χ3n) is 16.4. The van der Waals surface area contributed by atoms with Gasteiger partial charge in [-0.1, -0.05) is 113 Å². The number of rotatable bonds is 16. The van der Waals surface area contributed by atoms with Crippen molar-refractivity contribution >= 4 is 87.3 Å². The number of hydrogen-bond acceptors (Lipinski definition) is 12. The number of carbonyl (C=O) groups excluding carboxylic acids is 4. The molecule has 0 radical (unpaired) electrons. The minimum Gasteiger partial charge on any atom is -0.341 e. The number of aryl methyl sites for hydroxylation is 2. The summed E-state index contributed by atoms with van der Waals surface area (Å²) < 4.78 is 81.8. The summed E-state index contributed by atoms with van der Waals surface area (Å²) in [5.41, 5.74) is 7.59. The molecular weight excluding hydrogens is 1530 g/mol. The minimum absolute atomic E-state index is 0.0435. The van der Waals surface area contributed by atoms with Crippen LogP contribution < -0.4 is 21.3 Å². The SMILES string of the molecule is Cc1cc(C(=O)N[C@@H](c2ccc(F)c(F)c2)c2ccc(Cl)cn2)ccc1C#N.N#Cc1ccc(C(=O)NC(c2ccc(Cl)cc2)c2ccc(Cl)nc2)cc1F.N#Cc1ccc(C(=O)N[C@@H](c2ccc(F)c(F)c2)c2ccc(Cl)cn2)cc1F.[C-]#[N+]c1ccc([C@H](NC(=O)c2ccc(C#N)c(C)c2)c2ccc(Cl)cn2)cc1. The fraction of sp³-hybridized carbons (Fsp3) is 0.0723. The summed E-state index contributed by atoms with van der Waals surface area (Å²) in [6.07, 6.45) is 5.83. The molecule has 0 aliphatic carbocycles. The monoisotopic (exact) mass is 1580 g/mol. The van der Waals surface area contributed by atoms with Crippen LogP contribution >= 0.6 is 58.0 Å². The van der Waals surface area contributed by atoms with Gasteiger partial charge in [-0.25, -0.2) is 36.2 Å². The lowest BCUT2D eigenvalue weighted by atomic mass is 9.99. The van der Waals surface area contributed by atoms with Crippen molar-refractivity contribution in [2.45, 2.75) is 38.0 Å². The molecule has 0 aliphatic rings. The van der Waals surface area contributed by atoms with E-state index in [4.69, 9.17) is 85.6 Å². The van der Waals surface area contributed by atoms with E-state index >= 15 is 0 Å². The second-order valence-corrected chi connectivity index (χ2v) is 25.9. The molecule has 12 rings (SSSR count). The minimum atomic E-state index is -1.09. The molecule has 1 unspecified atom stereocenters. The summed E-state index contributed by atoms with van der Waals surface area (Å²) in [7, 11) is 0. The highest BCUT2D eigenvalue weighted by Gasteiger charge is 2.26. The van der Waals surface area contributed by atoms with E-state index in [2.05, 4.69) is 52.1 Å². The Kier molecular flexibility index (Phi) is 28.4. The fourth-order valence-corrected chi connectivity index (χ4v) is 11.1. The van der Waals surface area contributed by atoms with Crippen LogP contribution in [-0.4, -0.2) is 43.6 Å². The van der Waals surface area contributed by atoms with Crippen molar-refractivity contribution in [3.05, 3.63) is 403 Å². The summed E-state index contributed by atoms with van der Waals surface area (Å²) in [4.78, 5) is 70.9. The first-order valence-electron chi connectivity index (χ1n) is 32.5. The van der Waals surface area contributed by atoms with Crippen LogP contribution in [0.5, 0.6) is 0 Å². The van der Waals surface area contributed by atoms with E-state index in [1.165, 1.54) is 73.2 Å². The number of amides is 4. The average molecular weight is 1590 g/mol. The summed E-state index contributed by atoms with van der Waals surface area (Å²) in [5.74, 6) is -7.64. The molecule has 550 valence electrons. The van der Waals surface area contributed by atoms with Gasteiger partial charge in [0.2, 0.25) is 0 Å². The van der Waals surface area contributed by atoms with Gasteiger partial charge >= 0.3 is 0 Å². The van der Waals surface area contributed by atoms with E-state index in [-0.39, 0.29) is 33.7 Å². The van der Waals surface area contributed by atoms with Crippen LogP contribution in [-0.2, 0) is 0 Å². The van der Waals surface area contributed by atoms with Crippen LogP contribution in [0.3, 0.4) is 0 Å². The van der Waals surface area contributed by atoms with Crippen LogP contribution in [0.15, 0.2) is 231 Å². The Morgan fingerprint density at radius 1 is 0.342 bits per heavy atom. The van der Waals surface area contributed by atoms with E-state index in [0.29, 0.717) is 87.0 Å². The van der Waals surface area contributed by atoms with Gasteiger partial charge in [0.1, 0.15) is 28.9 Å². The number of halogens is 11. The standard InChI is InChI=1S/C22H15ClN4O.C21H14ClF2N3O.C20H12Cl2FN3O.C20H11ClF3N3O/c1-14-11-16(3-4-17(14)12-24)22(28)27-21(20-10-7-18(23)13-26-20)15-5-8-19(25-2)9-6-15;1-12-8-14(2-3-15(12)10-25)21(28)27-20(19-7-5-16(22)11-26-19)13-4-6-17(23)18(24)9-13;21-16-6-3-12(4-7-16)19(15-5-8-18(22)25-11-15)26-20(27)13-1-2-14(10-24)17(23)9-13;21-14-4-6-18(26-10-14)19(11-3-5-15(22)17(24)7-11)27-20(28)12-1-2-13(9-25)16(23)8-12/h3-11,13,21H,1H3,(H,27,28);2-9,11,20H,1H3,(H,27,28);1-9,11,19H,(H,26,27);1-8,10,19H,(H,27,28)/t21-;20-;;19-/m00.0/s1. The van der Waals surface area contributed by atoms with Gasteiger partial charge in [-0.2, -0.15) is 21.0 Å². The third kappa shape index (κ3) is 22.0. The number of hydrogen-bond donors (Lipinski definition) is 4. The van der Waals surface area contributed by atoms with Gasteiger partial charge < -0.3 is 21.3 Å². The Morgan fingerprint density at radius 3 is 0.991 bits per heavy atom. The Morgan fingerprint density at radius 2 is 0.667 bits per heavy atom. The third-order valence-corrected chi connectivity index (χ3v) is 17.5. The fourth-order valence-electron chi connectivity index (χ4n) is 10.6. The van der Waals surface area contributed by atoms with Crippen molar-refractivity contribution in [3.8, 4) is 24.3 Å². The number of nitrogens with zero attached hydrogens (tertiary/aromatic N) is 9. The normalized spacial score (nSPS) is 11.4. The van der Waals surface area contributed by atoms with Crippen LogP contribution in [0.4, 0.5) is 32.0 Å². The van der Waals surface area contributed by atoms with E-state index in [1.807, 2.05) is 6.07 Å². The summed E-state index contributed by atoms with van der Waals surface area (Å²) in [5, 5.41) is 49.1. The number of carbonyl (C=O) groups is 4. The van der Waals surface area contributed by atoms with E-state index in [9.17, 15) is 45.5 Å². The van der Waals surface area contributed by atoms with Crippen LogP contribution in [0, 0.1) is 101 Å². The van der Waals surface area contributed by atoms with E-state index in [0.717, 1.165) is 53.1 Å². The maximum absolute atomic E-state index is 13.8. The molecule has 12 aromatic rings. The zero-order chi connectivity index (χ0) is 80.0. The second kappa shape index (κ2) is 38.5. The van der Waals surface area contributed by atoms with Crippen molar-refractivity contribution in [1.82, 2.24) is 41.2 Å². The topological polar surface area (TPSA) is 267 Å². The number of benzene rings is 8. The Balaban J connectivity index is 0.000000170. The van der Waals surface area contributed by atoms with Gasteiger partial charge in [0.15, 0.2) is 29.0 Å². The van der Waals surface area contributed by atoms with Crippen molar-refractivity contribution in [2.75, 3.05) is 0 Å². The molecule has 0 fully saturated rings. The molecule has 111 heavy (non-hydrogen) atoms. The molecule has 4 N–H and O–H groups in total. The second-order valence-electron chi connectivity index (χ2n) is 23.7. The Hall–Kier alpha value is -13.3. The number of aromatic nitrogens is 4. The van der Waals surface area contributed by atoms with Gasteiger partial charge in [-0.05, 0) is 204 Å². The summed E-state index contributed by atoms with van der Waals surface area (Å²) in [6, 6.07) is 55.0. The first-order valence-corrected chi connectivity index (χ1v) is 34.4. The molecule has 4 heterocycles. The molecule has 0 aliphatic heterocycles. The molecule has 0 saturated heterocycles. The van der Waals surface area contributed by atoms with E-state index < -0.39 is 76.8 Å². The highest BCUT2D eigenvalue weighted by molar-refractivity contribution is 6.31. The lowest BCUT2D eigenvalue weighted by Gasteiger charge is -2.20. The van der Waals surface area contributed by atoms with Crippen molar-refractivity contribution in [2.24, 2.45) is 0 Å². The first kappa shape index (κ1) is 81.8. The smallest absolute Gasteiger partial charge is 0.252 e. The van der Waals surface area contributed by atoms with Gasteiger partial charge in [-0.15, -0.1) is 0 Å². The van der Waals surface area contributed by atoms with Crippen LogP contribution in [0.25, 0.3) is 4.85 Å². The average Bonchev–Trinajstić information content (AvgIpc) is 0.818. The Labute approximate surface area is 656 Å². The largest absolute Gasteiger partial charge is 0.341 e. The van der Waals surface area contributed by atoms with Crippen LogP contribution in [0.1, 0.15) is 144 Å². The number of nitrogens with one attached hydrogen (secondary N) is 4. The zero-order valence-corrected chi connectivity index (χ0v) is 61.3. The maximum Gasteiger partial charge on any atom is 0.252 e. The molecule has 4 aromatic heterocycles. The number of nitriles is 4. The predicted octanol–water partition coefficient (Wildman–Crippen LogP) is 19.2. The molecular formula is C83H52Cl5F6N13O4. The summed E-state index contributed by atoms with van der Waals surface area (Å²) >= 11 is 29.4. The highest BCUT2D eigenvalue weighted by Crippen LogP contribution is 2.30. The maximum atomic E-state index is 13.8. The molecule has 17 nitrogen and oxygen atoms in total. The molecule has 0 spiro atoms. The highest BCUT2D eigenvalue weighted by atomic mass is 35.5. The van der Waals surface area contributed by atoms with Gasteiger partial charge in [0.05, 0.1) is 97.3 Å². The first-order chi connectivity index (χ1) is 53.3. The van der Waals surface area contributed by atoms with Gasteiger partial charge in [-0.3, -0.25) is 34.1 Å². The molecule has 4 amide bonds. The van der Waals surface area contributed by atoms with Crippen molar-refractivity contribution < 1.29 is 45.5 Å². The van der Waals surface area contributed by atoms with Gasteiger partial charge in [0.25, 0.3) is 23.6 Å². The quantitative estimate of drug-likeness (QED) is 0.0400. The lowest BCUT2D eigenvalue weighted by Crippen LogP contribution is -2.30. The van der Waals surface area contributed by atoms with Gasteiger partial charge in [0, 0.05) is 52.1 Å².